The number of rotatable bonds is 3. The van der Waals surface area contributed by atoms with Crippen molar-refractivity contribution in [2.24, 2.45) is 0 Å². The second-order valence-corrected chi connectivity index (χ2v) is 6.79. The van der Waals surface area contributed by atoms with E-state index in [-0.39, 0.29) is 17.9 Å². The number of fused-ring (bicyclic) bond motifs is 1. The highest BCUT2D eigenvalue weighted by molar-refractivity contribution is 9.10. The molecular formula is C17H19BrN2O2. The fourth-order valence-electron chi connectivity index (χ4n) is 3.09. The van der Waals surface area contributed by atoms with Gasteiger partial charge in [0.25, 0.3) is 0 Å². The average Bonchev–Trinajstić information content (AvgIpc) is 2.51. The normalized spacial score (nSPS) is 15.9. The van der Waals surface area contributed by atoms with Crippen LogP contribution in [0.25, 0.3) is 10.9 Å². The fraction of sp³-hybridized carbons (Fsp3) is 0.412. The first-order valence-electron chi connectivity index (χ1n) is 7.71. The van der Waals surface area contributed by atoms with E-state index in [2.05, 4.69) is 21.2 Å². The molecule has 1 aromatic heterocycles. The lowest BCUT2D eigenvalue weighted by Gasteiger charge is -2.23. The number of carbonyl (C=O) groups excluding carboxylic acids is 1. The number of amides is 1. The Morgan fingerprint density at radius 1 is 1.23 bits per heavy atom. The van der Waals surface area contributed by atoms with Gasteiger partial charge >= 0.3 is 0 Å². The summed E-state index contributed by atoms with van der Waals surface area (Å²) in [5.41, 5.74) is 0.757. The molecule has 2 aromatic rings. The standard InChI is InChI=1S/C17H19BrN2O2/c18-12-6-7-14-15(10-12)20(9-8-16(14)21)11-17(22)19-13-4-2-1-3-5-13/h6-10,13H,1-5,11H2,(H,19,22). The molecule has 1 fully saturated rings. The summed E-state index contributed by atoms with van der Waals surface area (Å²) in [7, 11) is 0. The fourth-order valence-corrected chi connectivity index (χ4v) is 3.44. The topological polar surface area (TPSA) is 51.1 Å². The van der Waals surface area contributed by atoms with Gasteiger partial charge in [0.1, 0.15) is 6.54 Å². The largest absolute Gasteiger partial charge is 0.352 e. The van der Waals surface area contributed by atoms with Crippen LogP contribution in [0.15, 0.2) is 39.7 Å². The van der Waals surface area contributed by atoms with Crippen LogP contribution >= 0.6 is 15.9 Å². The summed E-state index contributed by atoms with van der Waals surface area (Å²) in [6.07, 6.45) is 7.49. The number of hydrogen-bond donors (Lipinski definition) is 1. The van der Waals surface area contributed by atoms with Crippen LogP contribution < -0.4 is 10.7 Å². The van der Waals surface area contributed by atoms with E-state index in [0.29, 0.717) is 11.4 Å². The molecule has 1 amide bonds. The smallest absolute Gasteiger partial charge is 0.240 e. The average molecular weight is 363 g/mol. The Kier molecular flexibility index (Phi) is 4.62. The Labute approximate surface area is 137 Å². The lowest BCUT2D eigenvalue weighted by atomic mass is 9.95. The molecule has 5 heteroatoms. The molecular weight excluding hydrogens is 344 g/mol. The molecule has 1 aliphatic rings. The van der Waals surface area contributed by atoms with Crippen molar-refractivity contribution in [1.29, 1.82) is 0 Å². The first-order chi connectivity index (χ1) is 10.6. The van der Waals surface area contributed by atoms with Gasteiger partial charge in [-0.2, -0.15) is 0 Å². The second-order valence-electron chi connectivity index (χ2n) is 5.87. The third kappa shape index (κ3) is 3.40. The van der Waals surface area contributed by atoms with Gasteiger partial charge in [-0.05, 0) is 31.0 Å². The number of aromatic nitrogens is 1. The van der Waals surface area contributed by atoms with Gasteiger partial charge in [-0.25, -0.2) is 0 Å². The molecule has 0 unspecified atom stereocenters. The van der Waals surface area contributed by atoms with E-state index in [1.54, 1.807) is 12.3 Å². The van der Waals surface area contributed by atoms with E-state index in [4.69, 9.17) is 0 Å². The van der Waals surface area contributed by atoms with E-state index < -0.39 is 0 Å². The van der Waals surface area contributed by atoms with Gasteiger partial charge in [-0.3, -0.25) is 9.59 Å². The van der Waals surface area contributed by atoms with Crippen LogP contribution in [0.5, 0.6) is 0 Å². The molecule has 3 rings (SSSR count). The molecule has 1 N–H and O–H groups in total. The van der Waals surface area contributed by atoms with Gasteiger partial charge in [0.2, 0.25) is 5.91 Å². The molecule has 1 aromatic carbocycles. The van der Waals surface area contributed by atoms with E-state index in [1.165, 1.54) is 25.3 Å². The van der Waals surface area contributed by atoms with Crippen molar-refractivity contribution in [3.8, 4) is 0 Å². The lowest BCUT2D eigenvalue weighted by Crippen LogP contribution is -2.38. The van der Waals surface area contributed by atoms with Crippen LogP contribution in [-0.2, 0) is 11.3 Å². The number of hydrogen-bond acceptors (Lipinski definition) is 2. The molecule has 1 saturated carbocycles. The molecule has 0 atom stereocenters. The SMILES string of the molecule is O=C(Cn1ccc(=O)c2ccc(Br)cc21)NC1CCCCC1. The lowest BCUT2D eigenvalue weighted by molar-refractivity contribution is -0.122. The van der Waals surface area contributed by atoms with Crippen LogP contribution in [0, 0.1) is 0 Å². The predicted octanol–water partition coefficient (Wildman–Crippen LogP) is 3.21. The minimum absolute atomic E-state index is 0.0109. The summed E-state index contributed by atoms with van der Waals surface area (Å²) in [6.45, 7) is 0.240. The van der Waals surface area contributed by atoms with Crippen LogP contribution in [0.2, 0.25) is 0 Å². The van der Waals surface area contributed by atoms with E-state index in [0.717, 1.165) is 22.8 Å². The van der Waals surface area contributed by atoms with Crippen molar-refractivity contribution in [2.45, 2.75) is 44.7 Å². The first-order valence-corrected chi connectivity index (χ1v) is 8.51. The van der Waals surface area contributed by atoms with Crippen molar-refractivity contribution in [3.05, 3.63) is 45.2 Å². The predicted molar refractivity (Wildman–Crippen MR) is 90.9 cm³/mol. The number of pyridine rings is 1. The summed E-state index contributed by atoms with van der Waals surface area (Å²) < 4.78 is 2.73. The molecule has 0 bridgehead atoms. The summed E-state index contributed by atoms with van der Waals surface area (Å²) in [6, 6.07) is 7.33. The van der Waals surface area contributed by atoms with Crippen molar-refractivity contribution < 1.29 is 4.79 Å². The van der Waals surface area contributed by atoms with Crippen LogP contribution in [0.3, 0.4) is 0 Å². The molecule has 116 valence electrons. The first kappa shape index (κ1) is 15.3. The molecule has 1 aliphatic carbocycles. The minimum atomic E-state index is -0.0218. The third-order valence-electron chi connectivity index (χ3n) is 4.22. The summed E-state index contributed by atoms with van der Waals surface area (Å²) >= 11 is 3.42. The van der Waals surface area contributed by atoms with Gasteiger partial charge in [0, 0.05) is 28.2 Å². The van der Waals surface area contributed by atoms with Crippen molar-refractivity contribution in [1.82, 2.24) is 9.88 Å². The van der Waals surface area contributed by atoms with Crippen molar-refractivity contribution in [3.63, 3.8) is 0 Å². The number of carbonyl (C=O) groups is 1. The van der Waals surface area contributed by atoms with Gasteiger partial charge in [0.15, 0.2) is 5.43 Å². The molecule has 22 heavy (non-hydrogen) atoms. The van der Waals surface area contributed by atoms with Crippen LogP contribution in [-0.4, -0.2) is 16.5 Å². The molecule has 0 spiro atoms. The number of nitrogens with zero attached hydrogens (tertiary/aromatic N) is 1. The summed E-state index contributed by atoms with van der Waals surface area (Å²) in [4.78, 5) is 24.2. The van der Waals surface area contributed by atoms with Crippen LogP contribution in [0.1, 0.15) is 32.1 Å². The van der Waals surface area contributed by atoms with Gasteiger partial charge in [-0.15, -0.1) is 0 Å². The molecule has 0 saturated heterocycles. The summed E-state index contributed by atoms with van der Waals surface area (Å²) in [5, 5.41) is 3.75. The quantitative estimate of drug-likeness (QED) is 0.911. The highest BCUT2D eigenvalue weighted by Gasteiger charge is 2.16. The third-order valence-corrected chi connectivity index (χ3v) is 4.72. The summed E-state index contributed by atoms with van der Waals surface area (Å²) in [5.74, 6) is 0.0109. The molecule has 0 aliphatic heterocycles. The minimum Gasteiger partial charge on any atom is -0.352 e. The zero-order valence-corrected chi connectivity index (χ0v) is 13.9. The van der Waals surface area contributed by atoms with Crippen molar-refractivity contribution >= 4 is 32.7 Å². The zero-order valence-electron chi connectivity index (χ0n) is 12.3. The highest BCUT2D eigenvalue weighted by Crippen LogP contribution is 2.19. The van der Waals surface area contributed by atoms with Crippen molar-refractivity contribution in [2.75, 3.05) is 0 Å². The maximum absolute atomic E-state index is 12.3. The number of nitrogens with one attached hydrogen (secondary N) is 1. The molecule has 4 nitrogen and oxygen atoms in total. The zero-order chi connectivity index (χ0) is 15.5. The highest BCUT2D eigenvalue weighted by atomic mass is 79.9. The van der Waals surface area contributed by atoms with E-state index >= 15 is 0 Å². The van der Waals surface area contributed by atoms with Gasteiger partial charge in [0.05, 0.1) is 5.52 Å². The van der Waals surface area contributed by atoms with E-state index in [1.807, 2.05) is 16.7 Å². The monoisotopic (exact) mass is 362 g/mol. The van der Waals surface area contributed by atoms with Crippen LogP contribution in [0.4, 0.5) is 0 Å². The Morgan fingerprint density at radius 2 is 2.00 bits per heavy atom. The number of halogens is 1. The Hall–Kier alpha value is -1.62. The Morgan fingerprint density at radius 3 is 2.77 bits per heavy atom. The maximum atomic E-state index is 12.3. The van der Waals surface area contributed by atoms with E-state index in [9.17, 15) is 9.59 Å². The van der Waals surface area contributed by atoms with Gasteiger partial charge < -0.3 is 9.88 Å². The Balaban J connectivity index is 1.81. The second kappa shape index (κ2) is 6.65. The Bertz CT molecular complexity index is 748. The number of benzene rings is 1. The van der Waals surface area contributed by atoms with Gasteiger partial charge in [-0.1, -0.05) is 35.2 Å². The molecule has 1 heterocycles. The molecule has 0 radical (unpaired) electrons. The maximum Gasteiger partial charge on any atom is 0.240 e.